The summed E-state index contributed by atoms with van der Waals surface area (Å²) in [7, 11) is 1.98. The lowest BCUT2D eigenvalue weighted by molar-refractivity contribution is 0.682. The topological polar surface area (TPSA) is 55.0 Å². The zero-order chi connectivity index (χ0) is 13.1. The van der Waals surface area contributed by atoms with Crippen LogP contribution in [0.25, 0.3) is 10.6 Å². The first-order valence-corrected chi connectivity index (χ1v) is 7.30. The van der Waals surface area contributed by atoms with Gasteiger partial charge in [-0.05, 0) is 41.1 Å². The number of thiophene rings is 1. The zero-order valence-corrected chi connectivity index (χ0v) is 12.7. The van der Waals surface area contributed by atoms with Crippen molar-refractivity contribution < 1.29 is 0 Å². The largest absolute Gasteiger partial charge is 0.354 e. The number of nitrogens with two attached hydrogens (primary N) is 1. The van der Waals surface area contributed by atoms with Crippen molar-refractivity contribution in [3.8, 4) is 10.6 Å². The number of anilines is 1. The number of halogens is 1. The molecule has 0 bridgehead atoms. The smallest absolute Gasteiger partial charge is 0.151 e. The van der Waals surface area contributed by atoms with E-state index in [0.29, 0.717) is 6.54 Å². The Balaban J connectivity index is 2.20. The third kappa shape index (κ3) is 2.88. The van der Waals surface area contributed by atoms with Gasteiger partial charge in [-0.25, -0.2) is 0 Å². The fourth-order valence-electron chi connectivity index (χ4n) is 1.48. The Morgan fingerprint density at radius 2 is 2.22 bits per heavy atom. The van der Waals surface area contributed by atoms with Crippen molar-refractivity contribution in [3.63, 3.8) is 0 Å². The van der Waals surface area contributed by atoms with Crippen molar-refractivity contribution in [2.24, 2.45) is 5.73 Å². The van der Waals surface area contributed by atoms with Gasteiger partial charge in [0.25, 0.3) is 0 Å². The maximum atomic E-state index is 5.64. The number of rotatable bonds is 4. The van der Waals surface area contributed by atoms with Crippen molar-refractivity contribution in [2.75, 3.05) is 18.5 Å². The van der Waals surface area contributed by atoms with Crippen LogP contribution in [0.3, 0.4) is 0 Å². The first kappa shape index (κ1) is 13.5. The first-order valence-electron chi connectivity index (χ1n) is 5.63. The summed E-state index contributed by atoms with van der Waals surface area (Å²) in [5, 5.41) is 10.5. The van der Waals surface area contributed by atoms with Crippen LogP contribution in [0.4, 0.5) is 5.82 Å². The third-order valence-corrected chi connectivity index (χ3v) is 4.55. The Labute approximate surface area is 119 Å². The molecule has 0 radical (unpaired) electrons. The lowest BCUT2D eigenvalue weighted by atomic mass is 10.3. The van der Waals surface area contributed by atoms with E-state index in [-0.39, 0.29) is 6.04 Å². The van der Waals surface area contributed by atoms with E-state index in [1.807, 2.05) is 35.5 Å². The first-order chi connectivity index (χ1) is 8.61. The van der Waals surface area contributed by atoms with Crippen LogP contribution in [0.5, 0.6) is 0 Å². The van der Waals surface area contributed by atoms with Gasteiger partial charge in [0.2, 0.25) is 0 Å². The molecule has 0 saturated heterocycles. The maximum absolute atomic E-state index is 5.64. The third-order valence-electron chi connectivity index (χ3n) is 2.83. The average molecular weight is 327 g/mol. The molecule has 2 N–H and O–H groups in total. The summed E-state index contributed by atoms with van der Waals surface area (Å²) in [4.78, 5) is 3.14. The predicted octanol–water partition coefficient (Wildman–Crippen LogP) is 2.75. The zero-order valence-electron chi connectivity index (χ0n) is 10.3. The maximum Gasteiger partial charge on any atom is 0.151 e. The Hall–Kier alpha value is -0.980. The number of aromatic nitrogens is 2. The van der Waals surface area contributed by atoms with E-state index in [1.54, 1.807) is 11.3 Å². The molecule has 0 aromatic carbocycles. The van der Waals surface area contributed by atoms with Gasteiger partial charge in [0.1, 0.15) is 5.69 Å². The van der Waals surface area contributed by atoms with Crippen molar-refractivity contribution in [2.45, 2.75) is 13.0 Å². The van der Waals surface area contributed by atoms with Gasteiger partial charge >= 0.3 is 0 Å². The Bertz CT molecular complexity index is 511. The molecule has 1 unspecified atom stereocenters. The summed E-state index contributed by atoms with van der Waals surface area (Å²) in [6.45, 7) is 2.66. The number of nitrogens with zero attached hydrogens (tertiary/aromatic N) is 3. The minimum Gasteiger partial charge on any atom is -0.354 e. The quantitative estimate of drug-likeness (QED) is 0.938. The minimum atomic E-state index is 0.251. The number of hydrogen-bond donors (Lipinski definition) is 1. The normalized spacial score (nSPS) is 12.4. The van der Waals surface area contributed by atoms with E-state index in [2.05, 4.69) is 33.1 Å². The summed E-state index contributed by atoms with van der Waals surface area (Å²) in [6, 6.07) is 6.25. The molecule has 0 aliphatic rings. The Morgan fingerprint density at radius 1 is 1.44 bits per heavy atom. The summed E-state index contributed by atoms with van der Waals surface area (Å²) in [5.41, 5.74) is 6.53. The molecule has 96 valence electrons. The fraction of sp³-hybridized carbons (Fsp3) is 0.333. The van der Waals surface area contributed by atoms with Gasteiger partial charge in [-0.1, -0.05) is 0 Å². The molecule has 0 amide bonds. The van der Waals surface area contributed by atoms with Crippen LogP contribution in [0, 0.1) is 0 Å². The van der Waals surface area contributed by atoms with Gasteiger partial charge in [0.05, 0.1) is 4.88 Å². The summed E-state index contributed by atoms with van der Waals surface area (Å²) in [6.07, 6.45) is 0. The molecule has 2 rings (SSSR count). The van der Waals surface area contributed by atoms with Gasteiger partial charge in [0.15, 0.2) is 5.82 Å². The van der Waals surface area contributed by atoms with Crippen LogP contribution < -0.4 is 10.6 Å². The lowest BCUT2D eigenvalue weighted by Crippen LogP contribution is -2.35. The molecule has 2 heterocycles. The molecule has 4 nitrogen and oxygen atoms in total. The molecule has 0 aliphatic heterocycles. The van der Waals surface area contributed by atoms with Gasteiger partial charge in [-0.15, -0.1) is 21.5 Å². The minimum absolute atomic E-state index is 0.251. The molecule has 18 heavy (non-hydrogen) atoms. The second-order valence-corrected chi connectivity index (χ2v) is 5.93. The van der Waals surface area contributed by atoms with Crippen LogP contribution in [-0.4, -0.2) is 29.8 Å². The van der Waals surface area contributed by atoms with E-state index >= 15 is 0 Å². The molecule has 0 aliphatic carbocycles. The lowest BCUT2D eigenvalue weighted by Gasteiger charge is -2.23. The molecule has 0 fully saturated rings. The van der Waals surface area contributed by atoms with Crippen molar-refractivity contribution in [1.82, 2.24) is 10.2 Å². The van der Waals surface area contributed by atoms with Crippen LogP contribution in [-0.2, 0) is 0 Å². The molecule has 2 aromatic heterocycles. The summed E-state index contributed by atoms with van der Waals surface area (Å²) >= 11 is 5.08. The van der Waals surface area contributed by atoms with Crippen LogP contribution >= 0.6 is 27.3 Å². The Morgan fingerprint density at radius 3 is 2.72 bits per heavy atom. The van der Waals surface area contributed by atoms with Gasteiger partial charge in [-0.3, -0.25) is 0 Å². The Kier molecular flexibility index (Phi) is 4.31. The van der Waals surface area contributed by atoms with E-state index in [4.69, 9.17) is 5.73 Å². The van der Waals surface area contributed by atoms with E-state index in [0.717, 1.165) is 20.9 Å². The molecule has 0 saturated carbocycles. The second-order valence-electron chi connectivity index (χ2n) is 4.10. The van der Waals surface area contributed by atoms with Crippen molar-refractivity contribution in [1.29, 1.82) is 0 Å². The van der Waals surface area contributed by atoms with E-state index < -0.39 is 0 Å². The highest BCUT2D eigenvalue weighted by molar-refractivity contribution is 9.10. The van der Waals surface area contributed by atoms with E-state index in [1.165, 1.54) is 0 Å². The highest BCUT2D eigenvalue weighted by Gasteiger charge is 2.10. The van der Waals surface area contributed by atoms with Gasteiger partial charge < -0.3 is 10.6 Å². The summed E-state index contributed by atoms with van der Waals surface area (Å²) < 4.78 is 1.07. The van der Waals surface area contributed by atoms with Gasteiger partial charge in [0, 0.05) is 29.5 Å². The highest BCUT2D eigenvalue weighted by atomic mass is 79.9. The summed E-state index contributed by atoms with van der Waals surface area (Å²) in [5.74, 6) is 0.840. The molecular weight excluding hydrogens is 312 g/mol. The monoisotopic (exact) mass is 326 g/mol. The molecule has 6 heteroatoms. The number of likely N-dealkylation sites (N-methyl/N-ethyl adjacent to an activating group) is 1. The van der Waals surface area contributed by atoms with Crippen LogP contribution in [0.1, 0.15) is 6.92 Å². The molecule has 2 aromatic rings. The van der Waals surface area contributed by atoms with Gasteiger partial charge in [-0.2, -0.15) is 0 Å². The van der Waals surface area contributed by atoms with Crippen LogP contribution in [0.15, 0.2) is 28.1 Å². The SMILES string of the molecule is CC(CN)N(C)c1ccc(-c2cc(Br)cs2)nn1. The molecule has 1 atom stereocenters. The number of hydrogen-bond acceptors (Lipinski definition) is 5. The fourth-order valence-corrected chi connectivity index (χ4v) is 2.87. The van der Waals surface area contributed by atoms with Crippen molar-refractivity contribution in [3.05, 3.63) is 28.1 Å². The second kappa shape index (κ2) is 5.77. The molecule has 0 spiro atoms. The van der Waals surface area contributed by atoms with Crippen molar-refractivity contribution >= 4 is 33.1 Å². The standard InChI is InChI=1S/C12H15BrN4S/c1-8(6-14)17(2)12-4-3-10(15-16-12)11-5-9(13)7-18-11/h3-5,7-8H,6,14H2,1-2H3. The molecular formula is C12H15BrN4S. The van der Waals surface area contributed by atoms with Crippen LogP contribution in [0.2, 0.25) is 0 Å². The van der Waals surface area contributed by atoms with E-state index in [9.17, 15) is 0 Å². The predicted molar refractivity (Wildman–Crippen MR) is 80.0 cm³/mol. The highest BCUT2D eigenvalue weighted by Crippen LogP contribution is 2.28. The average Bonchev–Trinajstić information content (AvgIpc) is 2.84.